The standard InChI is InChI=1S/C40H72NO8P/c1-6-8-10-12-14-16-17-18-19-20-21-22-23-25-26-28-30-32-39(42)46-36-38(37-48-50(44,45)47-35-34-41(3,4)5)49-40(43)33-31-29-27-24-15-13-11-9-7-2/h10,12,16-17,19-20,22-23,38H,6-9,11,13-15,18,21,24-37H2,1-5H3/b12-10+,17-16+,20-19+,23-22+/t38-/m0/s1. The smallest absolute Gasteiger partial charge is 0.306 e. The number of unbranched alkanes of at least 4 members (excludes halogenated alkanes) is 12. The molecule has 290 valence electrons. The number of likely N-dealkylation sites (N-methyl/N-ethyl adjacent to an activating group) is 1. The van der Waals surface area contributed by atoms with Crippen molar-refractivity contribution >= 4 is 19.8 Å². The molecule has 0 amide bonds. The fourth-order valence-corrected chi connectivity index (χ4v) is 5.49. The molecule has 0 rings (SSSR count). The summed E-state index contributed by atoms with van der Waals surface area (Å²) < 4.78 is 33.7. The zero-order valence-corrected chi connectivity index (χ0v) is 33.2. The molecule has 0 fully saturated rings. The predicted octanol–water partition coefficient (Wildman–Crippen LogP) is 9.72. The zero-order chi connectivity index (χ0) is 37.2. The minimum atomic E-state index is -4.62. The van der Waals surface area contributed by atoms with Crippen LogP contribution in [0, 0.1) is 0 Å². The molecule has 2 atom stereocenters. The third-order valence-electron chi connectivity index (χ3n) is 7.83. The molecule has 0 aromatic rings. The van der Waals surface area contributed by atoms with E-state index in [0.29, 0.717) is 23.9 Å². The number of rotatable bonds is 34. The fourth-order valence-electron chi connectivity index (χ4n) is 4.76. The lowest BCUT2D eigenvalue weighted by molar-refractivity contribution is -0.870. The van der Waals surface area contributed by atoms with Crippen molar-refractivity contribution in [3.63, 3.8) is 0 Å². The Hall–Kier alpha value is -2.03. The maximum atomic E-state index is 12.5. The van der Waals surface area contributed by atoms with E-state index in [-0.39, 0.29) is 26.1 Å². The molecule has 0 aliphatic heterocycles. The first-order valence-electron chi connectivity index (χ1n) is 19.3. The molecule has 0 bridgehead atoms. The molecule has 9 nitrogen and oxygen atoms in total. The van der Waals surface area contributed by atoms with Crippen LogP contribution in [-0.2, 0) is 32.7 Å². The van der Waals surface area contributed by atoms with Crippen molar-refractivity contribution in [2.75, 3.05) is 47.5 Å². The third-order valence-corrected chi connectivity index (χ3v) is 8.80. The summed E-state index contributed by atoms with van der Waals surface area (Å²) in [7, 11) is 1.14. The van der Waals surface area contributed by atoms with Crippen LogP contribution >= 0.6 is 7.82 Å². The van der Waals surface area contributed by atoms with Crippen LogP contribution in [0.1, 0.15) is 142 Å². The number of carbonyl (C=O) groups is 2. The molecule has 0 aromatic carbocycles. The lowest BCUT2D eigenvalue weighted by atomic mass is 10.1. The van der Waals surface area contributed by atoms with Gasteiger partial charge in [0.1, 0.15) is 19.8 Å². The molecule has 10 heteroatoms. The highest BCUT2D eigenvalue weighted by atomic mass is 31.2. The number of quaternary nitrogens is 1. The van der Waals surface area contributed by atoms with E-state index in [2.05, 4.69) is 62.5 Å². The van der Waals surface area contributed by atoms with E-state index in [1.54, 1.807) is 0 Å². The van der Waals surface area contributed by atoms with Crippen molar-refractivity contribution in [2.24, 2.45) is 0 Å². The number of allylic oxidation sites excluding steroid dienone is 8. The van der Waals surface area contributed by atoms with Gasteiger partial charge in [-0.05, 0) is 51.4 Å². The van der Waals surface area contributed by atoms with Crippen LogP contribution in [0.4, 0.5) is 0 Å². The highest BCUT2D eigenvalue weighted by Crippen LogP contribution is 2.38. The minimum Gasteiger partial charge on any atom is -0.756 e. The second-order valence-corrected chi connectivity index (χ2v) is 15.4. The average molecular weight is 726 g/mol. The lowest BCUT2D eigenvalue weighted by Crippen LogP contribution is -2.37. The van der Waals surface area contributed by atoms with Gasteiger partial charge in [0, 0.05) is 12.8 Å². The van der Waals surface area contributed by atoms with Gasteiger partial charge < -0.3 is 27.9 Å². The fraction of sp³-hybridized carbons (Fsp3) is 0.750. The van der Waals surface area contributed by atoms with Gasteiger partial charge in [-0.3, -0.25) is 14.2 Å². The minimum absolute atomic E-state index is 0.0371. The Morgan fingerprint density at radius 3 is 1.68 bits per heavy atom. The Labute approximate surface area is 305 Å². The lowest BCUT2D eigenvalue weighted by Gasteiger charge is -2.28. The van der Waals surface area contributed by atoms with Crippen molar-refractivity contribution in [2.45, 2.75) is 148 Å². The second-order valence-electron chi connectivity index (χ2n) is 13.9. The highest BCUT2D eigenvalue weighted by Gasteiger charge is 2.21. The molecule has 0 saturated heterocycles. The SMILES string of the molecule is CCC/C=C/C/C=C/C/C=C/C/C=C/CCCCCC(=O)OC[C@@H](COP(=O)([O-])OCC[N+](C)(C)C)OC(=O)CCCCCCCCCCC. The van der Waals surface area contributed by atoms with Crippen LogP contribution in [0.5, 0.6) is 0 Å². The molecule has 1 unspecified atom stereocenters. The number of ether oxygens (including phenoxy) is 2. The molecule has 0 saturated carbocycles. The van der Waals surface area contributed by atoms with Gasteiger partial charge in [0.25, 0.3) is 7.82 Å². The number of carbonyl (C=O) groups excluding carboxylic acids is 2. The molecule has 0 spiro atoms. The van der Waals surface area contributed by atoms with Gasteiger partial charge >= 0.3 is 11.9 Å². The van der Waals surface area contributed by atoms with Crippen molar-refractivity contribution in [1.29, 1.82) is 0 Å². The number of hydrogen-bond donors (Lipinski definition) is 0. The summed E-state index contributed by atoms with van der Waals surface area (Å²) in [5.74, 6) is -0.878. The second kappa shape index (κ2) is 32.8. The summed E-state index contributed by atoms with van der Waals surface area (Å²) in [6.07, 6.45) is 35.7. The van der Waals surface area contributed by atoms with Gasteiger partial charge in [-0.15, -0.1) is 0 Å². The molecule has 0 radical (unpaired) electrons. The molecular weight excluding hydrogens is 653 g/mol. The van der Waals surface area contributed by atoms with Crippen LogP contribution in [0.3, 0.4) is 0 Å². The van der Waals surface area contributed by atoms with Gasteiger partial charge in [0.05, 0.1) is 27.7 Å². The quantitative estimate of drug-likeness (QED) is 0.0212. The third kappa shape index (κ3) is 35.8. The van der Waals surface area contributed by atoms with E-state index in [1.165, 1.54) is 38.5 Å². The Morgan fingerprint density at radius 2 is 1.12 bits per heavy atom. The van der Waals surface area contributed by atoms with Crippen LogP contribution in [-0.4, -0.2) is 70.0 Å². The van der Waals surface area contributed by atoms with E-state index in [4.69, 9.17) is 18.5 Å². The van der Waals surface area contributed by atoms with E-state index in [0.717, 1.165) is 64.2 Å². The maximum Gasteiger partial charge on any atom is 0.306 e. The summed E-state index contributed by atoms with van der Waals surface area (Å²) in [5.41, 5.74) is 0. The van der Waals surface area contributed by atoms with Gasteiger partial charge in [0.2, 0.25) is 0 Å². The number of hydrogen-bond acceptors (Lipinski definition) is 8. The van der Waals surface area contributed by atoms with Crippen LogP contribution in [0.2, 0.25) is 0 Å². The molecule has 0 aliphatic rings. The monoisotopic (exact) mass is 725 g/mol. The van der Waals surface area contributed by atoms with E-state index >= 15 is 0 Å². The van der Waals surface area contributed by atoms with Crippen molar-refractivity contribution in [1.82, 2.24) is 0 Å². The number of phosphoric acid groups is 1. The Morgan fingerprint density at radius 1 is 0.620 bits per heavy atom. The number of nitrogens with zero attached hydrogens (tertiary/aromatic N) is 1. The first-order valence-corrected chi connectivity index (χ1v) is 20.8. The average Bonchev–Trinajstić information content (AvgIpc) is 3.06. The Kier molecular flexibility index (Phi) is 31.5. The van der Waals surface area contributed by atoms with Gasteiger partial charge in [-0.1, -0.05) is 127 Å². The summed E-state index contributed by atoms with van der Waals surface area (Å²) in [4.78, 5) is 37.3. The van der Waals surface area contributed by atoms with Crippen molar-refractivity contribution in [3.05, 3.63) is 48.6 Å². The van der Waals surface area contributed by atoms with Gasteiger partial charge in [0.15, 0.2) is 6.10 Å². The molecule has 50 heavy (non-hydrogen) atoms. The van der Waals surface area contributed by atoms with Crippen LogP contribution < -0.4 is 4.89 Å². The van der Waals surface area contributed by atoms with Crippen LogP contribution in [0.25, 0.3) is 0 Å². The number of phosphoric ester groups is 1. The topological polar surface area (TPSA) is 111 Å². The summed E-state index contributed by atoms with van der Waals surface area (Å²) in [6.45, 7) is 4.07. The van der Waals surface area contributed by atoms with E-state index < -0.39 is 32.5 Å². The molecule has 0 N–H and O–H groups in total. The first kappa shape index (κ1) is 48.0. The van der Waals surface area contributed by atoms with Gasteiger partial charge in [-0.2, -0.15) is 0 Å². The number of esters is 2. The van der Waals surface area contributed by atoms with Crippen molar-refractivity contribution in [3.8, 4) is 0 Å². The predicted molar refractivity (Wildman–Crippen MR) is 203 cm³/mol. The normalized spacial score (nSPS) is 14.3. The first-order chi connectivity index (χ1) is 24.0. The Balaban J connectivity index is 4.45. The van der Waals surface area contributed by atoms with E-state index in [1.807, 2.05) is 21.1 Å². The summed E-state index contributed by atoms with van der Waals surface area (Å²) >= 11 is 0. The zero-order valence-electron chi connectivity index (χ0n) is 32.3. The Bertz CT molecular complexity index is 1000. The molecular formula is C40H72NO8P. The summed E-state index contributed by atoms with van der Waals surface area (Å²) in [5, 5.41) is 0. The maximum absolute atomic E-state index is 12.5. The van der Waals surface area contributed by atoms with Crippen LogP contribution in [0.15, 0.2) is 48.6 Å². The van der Waals surface area contributed by atoms with E-state index in [9.17, 15) is 19.0 Å². The molecule has 0 aromatic heterocycles. The molecule has 0 aliphatic carbocycles. The van der Waals surface area contributed by atoms with Crippen molar-refractivity contribution < 1.29 is 42.1 Å². The highest BCUT2D eigenvalue weighted by molar-refractivity contribution is 7.45. The summed E-state index contributed by atoms with van der Waals surface area (Å²) in [6, 6.07) is 0. The largest absolute Gasteiger partial charge is 0.756 e. The molecule has 0 heterocycles. The van der Waals surface area contributed by atoms with Gasteiger partial charge in [-0.25, -0.2) is 0 Å².